The van der Waals surface area contributed by atoms with E-state index in [9.17, 15) is 36.7 Å². The Morgan fingerprint density at radius 2 is 1.76 bits per heavy atom. The molecule has 1 heterocycles. The molecule has 14 heteroatoms. The van der Waals surface area contributed by atoms with Gasteiger partial charge in [-0.3, -0.25) is 14.4 Å². The van der Waals surface area contributed by atoms with Crippen LogP contribution in [0.3, 0.4) is 0 Å². The summed E-state index contributed by atoms with van der Waals surface area (Å²) in [5, 5.41) is 9.67. The van der Waals surface area contributed by atoms with Crippen molar-refractivity contribution in [2.45, 2.75) is 44.7 Å². The summed E-state index contributed by atoms with van der Waals surface area (Å²) >= 11 is 1.16. The number of carbonyl (C=O) groups is 4. The molecule has 0 radical (unpaired) electrons. The molecule has 2 unspecified atom stereocenters. The maximum atomic E-state index is 13.5. The number of hydrogen-bond donors (Lipinski definition) is 3. The van der Waals surface area contributed by atoms with Crippen molar-refractivity contribution in [3.63, 3.8) is 0 Å². The number of alkyl carbamates (subject to hydrolysis) is 1. The minimum atomic E-state index is -5.07. The average molecular weight is 548 g/mol. The molecule has 3 amide bonds. The van der Waals surface area contributed by atoms with Crippen LogP contribution in [0.1, 0.15) is 48.4 Å². The second-order valence-corrected chi connectivity index (χ2v) is 9.36. The van der Waals surface area contributed by atoms with Gasteiger partial charge in [0.25, 0.3) is 5.91 Å². The zero-order valence-corrected chi connectivity index (χ0v) is 21.0. The van der Waals surface area contributed by atoms with Gasteiger partial charge in [0.2, 0.25) is 5.91 Å². The molecule has 0 aliphatic rings. The van der Waals surface area contributed by atoms with Crippen molar-refractivity contribution >= 4 is 35.2 Å². The number of alkyl halides is 3. The lowest BCUT2D eigenvalue weighted by Gasteiger charge is -2.27. The van der Waals surface area contributed by atoms with E-state index in [0.29, 0.717) is 12.1 Å². The van der Waals surface area contributed by atoms with E-state index >= 15 is 0 Å². The number of thiophene rings is 1. The van der Waals surface area contributed by atoms with E-state index in [1.54, 1.807) is 26.2 Å². The molecule has 0 saturated heterocycles. The van der Waals surface area contributed by atoms with E-state index in [0.717, 1.165) is 11.3 Å². The summed E-state index contributed by atoms with van der Waals surface area (Å²) in [5.41, 5.74) is -3.08. The maximum absolute atomic E-state index is 13.5. The molecule has 2 atom stereocenters. The number of esters is 1. The number of halogens is 4. The maximum Gasteiger partial charge on any atom is 0.417 e. The van der Waals surface area contributed by atoms with Gasteiger partial charge in [-0.1, -0.05) is 0 Å². The molecule has 0 saturated carbocycles. The van der Waals surface area contributed by atoms with Gasteiger partial charge >= 0.3 is 18.2 Å². The van der Waals surface area contributed by atoms with Crippen LogP contribution >= 0.6 is 11.3 Å². The summed E-state index contributed by atoms with van der Waals surface area (Å²) in [7, 11) is 1.21. The minimum Gasteiger partial charge on any atom is -0.453 e. The van der Waals surface area contributed by atoms with Gasteiger partial charge in [-0.05, 0) is 55.8 Å². The Kier molecular flexibility index (Phi) is 9.61. The highest BCUT2D eigenvalue weighted by atomic mass is 32.1. The summed E-state index contributed by atoms with van der Waals surface area (Å²) < 4.78 is 64.1. The summed E-state index contributed by atoms with van der Waals surface area (Å²) in [5.74, 6) is -4.49. The predicted molar refractivity (Wildman–Crippen MR) is 124 cm³/mol. The molecule has 0 spiro atoms. The molecule has 0 fully saturated rings. The van der Waals surface area contributed by atoms with Crippen LogP contribution in [0.4, 0.5) is 22.4 Å². The Morgan fingerprint density at radius 1 is 1.08 bits per heavy atom. The third-order valence-electron chi connectivity index (χ3n) is 4.56. The number of benzene rings is 1. The molecule has 9 nitrogen and oxygen atoms in total. The van der Waals surface area contributed by atoms with Crippen molar-refractivity contribution in [3.05, 3.63) is 57.5 Å². The lowest BCUT2D eigenvalue weighted by atomic mass is 10.0. The molecule has 202 valence electrons. The van der Waals surface area contributed by atoms with Gasteiger partial charge in [0.1, 0.15) is 24.0 Å². The number of amides is 3. The summed E-state index contributed by atoms with van der Waals surface area (Å²) in [6.07, 6.45) is -7.47. The first-order valence-corrected chi connectivity index (χ1v) is 11.6. The van der Waals surface area contributed by atoms with Crippen molar-refractivity contribution in [1.82, 2.24) is 16.0 Å². The Bertz CT molecular complexity index is 1130. The number of likely N-dealkylation sites (N-methyl/N-ethyl adjacent to an activating group) is 1. The Balaban J connectivity index is 2.32. The lowest BCUT2D eigenvalue weighted by Crippen LogP contribution is -2.51. The van der Waals surface area contributed by atoms with E-state index in [2.05, 4.69) is 16.0 Å². The highest BCUT2D eigenvalue weighted by Crippen LogP contribution is 2.33. The van der Waals surface area contributed by atoms with Crippen molar-refractivity contribution in [3.8, 4) is 0 Å². The Labute approximate surface area is 213 Å². The topological polar surface area (TPSA) is 123 Å². The van der Waals surface area contributed by atoms with Gasteiger partial charge in [0, 0.05) is 12.6 Å². The Morgan fingerprint density at radius 3 is 2.30 bits per heavy atom. The number of nitrogens with one attached hydrogen (secondary N) is 3. The van der Waals surface area contributed by atoms with Crippen molar-refractivity contribution in [2.24, 2.45) is 0 Å². The molecule has 2 rings (SSSR count). The monoisotopic (exact) mass is 547 g/mol. The van der Waals surface area contributed by atoms with Crippen LogP contribution in [-0.4, -0.2) is 49.1 Å². The highest BCUT2D eigenvalue weighted by Gasteiger charge is 2.39. The second kappa shape index (κ2) is 12.0. The number of carbonyl (C=O) groups excluding carboxylic acids is 4. The van der Waals surface area contributed by atoms with Gasteiger partial charge in [0.05, 0.1) is 11.1 Å². The van der Waals surface area contributed by atoms with Crippen LogP contribution in [0.25, 0.3) is 0 Å². The van der Waals surface area contributed by atoms with Crippen LogP contribution in [-0.2, 0) is 25.2 Å². The molecule has 1 aromatic carbocycles. The van der Waals surface area contributed by atoms with Crippen LogP contribution in [0.15, 0.2) is 35.0 Å². The third-order valence-corrected chi connectivity index (χ3v) is 5.26. The van der Waals surface area contributed by atoms with Gasteiger partial charge < -0.3 is 25.4 Å². The largest absolute Gasteiger partial charge is 0.453 e. The molecular weight excluding hydrogens is 522 g/mol. The third kappa shape index (κ3) is 8.74. The Hall–Kier alpha value is -3.68. The standard InChI is InChI=1S/C23H25F4N3O6S/c1-22(2,3)36-21(34)29-10-16(31)35-18(12-7-8-37-11-12)17(20(33)28-4)30-19(32)14-6-5-13(24)9-15(14)23(25,26)27/h5-9,11,17-18H,10H2,1-4H3,(H,28,33)(H,29,34)(H,30,32). The fourth-order valence-corrected chi connectivity index (χ4v) is 3.69. The minimum absolute atomic E-state index is 0.155. The number of rotatable bonds is 8. The summed E-state index contributed by atoms with van der Waals surface area (Å²) in [6, 6.07) is 1.24. The summed E-state index contributed by atoms with van der Waals surface area (Å²) in [6.45, 7) is 4.17. The van der Waals surface area contributed by atoms with Crippen molar-refractivity contribution in [2.75, 3.05) is 13.6 Å². The van der Waals surface area contributed by atoms with Gasteiger partial charge in [-0.25, -0.2) is 9.18 Å². The average Bonchev–Trinajstić information content (AvgIpc) is 3.32. The SMILES string of the molecule is CNC(=O)C(NC(=O)c1ccc(F)cc1C(F)(F)F)C(OC(=O)CNC(=O)OC(C)(C)C)c1ccsc1. The molecule has 1 aromatic heterocycles. The molecule has 3 N–H and O–H groups in total. The smallest absolute Gasteiger partial charge is 0.417 e. The van der Waals surface area contributed by atoms with Crippen LogP contribution in [0.2, 0.25) is 0 Å². The first kappa shape index (κ1) is 29.5. The zero-order valence-electron chi connectivity index (χ0n) is 20.2. The van der Waals surface area contributed by atoms with E-state index in [-0.39, 0.29) is 11.6 Å². The normalized spacial score (nSPS) is 13.2. The van der Waals surface area contributed by atoms with E-state index in [1.807, 2.05) is 0 Å². The fourth-order valence-electron chi connectivity index (χ4n) is 3.01. The molecule has 2 aromatic rings. The van der Waals surface area contributed by atoms with E-state index in [4.69, 9.17) is 9.47 Å². The number of hydrogen-bond acceptors (Lipinski definition) is 7. The second-order valence-electron chi connectivity index (χ2n) is 8.58. The van der Waals surface area contributed by atoms with Crippen LogP contribution < -0.4 is 16.0 Å². The molecule has 0 aliphatic carbocycles. The van der Waals surface area contributed by atoms with Gasteiger partial charge in [-0.15, -0.1) is 0 Å². The quantitative estimate of drug-likeness (QED) is 0.343. The van der Waals surface area contributed by atoms with Crippen LogP contribution in [0, 0.1) is 5.82 Å². The van der Waals surface area contributed by atoms with E-state index < -0.39 is 71.3 Å². The van der Waals surface area contributed by atoms with Crippen molar-refractivity contribution in [1.29, 1.82) is 0 Å². The molecule has 0 bridgehead atoms. The fraction of sp³-hybridized carbons (Fsp3) is 0.391. The summed E-state index contributed by atoms with van der Waals surface area (Å²) in [4.78, 5) is 49.8. The molecule has 37 heavy (non-hydrogen) atoms. The highest BCUT2D eigenvalue weighted by molar-refractivity contribution is 7.08. The first-order valence-electron chi connectivity index (χ1n) is 10.7. The number of ether oxygens (including phenoxy) is 2. The van der Waals surface area contributed by atoms with E-state index in [1.165, 1.54) is 18.5 Å². The van der Waals surface area contributed by atoms with Gasteiger partial charge in [0.15, 0.2) is 6.10 Å². The first-order chi connectivity index (χ1) is 17.1. The van der Waals surface area contributed by atoms with Crippen LogP contribution in [0.5, 0.6) is 0 Å². The lowest BCUT2D eigenvalue weighted by molar-refractivity contribution is -0.151. The molecule has 0 aliphatic heterocycles. The van der Waals surface area contributed by atoms with Gasteiger partial charge in [-0.2, -0.15) is 24.5 Å². The predicted octanol–water partition coefficient (Wildman–Crippen LogP) is 3.56. The molecular formula is C23H25F4N3O6S. The van der Waals surface area contributed by atoms with Crippen molar-refractivity contribution < 1.29 is 46.2 Å². The zero-order chi connectivity index (χ0) is 28.0.